The summed E-state index contributed by atoms with van der Waals surface area (Å²) in [5.41, 5.74) is 3.88. The van der Waals surface area contributed by atoms with Gasteiger partial charge in [-0.2, -0.15) is 0 Å². The Balaban J connectivity index is 1.39. The van der Waals surface area contributed by atoms with Gasteiger partial charge in [-0.05, 0) is 85.5 Å². The fourth-order valence-electron chi connectivity index (χ4n) is 4.16. The maximum atomic E-state index is 13.3. The number of benzene rings is 3. The highest BCUT2D eigenvalue weighted by Crippen LogP contribution is 2.51. The van der Waals surface area contributed by atoms with E-state index in [4.69, 9.17) is 9.47 Å². The molecule has 3 aromatic carbocycles. The first kappa shape index (κ1) is 21.5. The molecule has 1 amide bonds. The second-order valence-corrected chi connectivity index (χ2v) is 10.3. The van der Waals surface area contributed by atoms with Crippen LogP contribution in [0.15, 0.2) is 65.6 Å². The van der Waals surface area contributed by atoms with Gasteiger partial charge in [-0.1, -0.05) is 24.3 Å². The van der Waals surface area contributed by atoms with Crippen LogP contribution in [0.25, 0.3) is 11.1 Å². The van der Waals surface area contributed by atoms with Gasteiger partial charge in [-0.25, -0.2) is 13.1 Å². The summed E-state index contributed by atoms with van der Waals surface area (Å²) in [6.07, 6.45) is 1.55. The van der Waals surface area contributed by atoms with Crippen LogP contribution in [-0.4, -0.2) is 28.2 Å². The predicted octanol–water partition coefficient (Wildman–Crippen LogP) is 3.97. The number of amides is 1. The smallest absolute Gasteiger partial charge is 0.240 e. The number of fused-ring (bicyclic) bond motifs is 1. The van der Waals surface area contributed by atoms with Gasteiger partial charge in [0.05, 0.1) is 10.3 Å². The van der Waals surface area contributed by atoms with Crippen molar-refractivity contribution in [3.05, 3.63) is 71.8 Å². The zero-order valence-electron chi connectivity index (χ0n) is 18.3. The Morgan fingerprint density at radius 1 is 0.939 bits per heavy atom. The number of rotatable bonds is 6. The zero-order chi connectivity index (χ0) is 23.2. The minimum atomic E-state index is -3.49. The van der Waals surface area contributed by atoms with Crippen molar-refractivity contribution in [3.8, 4) is 22.6 Å². The Morgan fingerprint density at radius 3 is 2.36 bits per heavy atom. The van der Waals surface area contributed by atoms with Crippen LogP contribution in [0.4, 0.5) is 5.69 Å². The van der Waals surface area contributed by atoms with E-state index in [0.717, 1.165) is 35.1 Å². The number of hydrogen-bond acceptors (Lipinski definition) is 5. The number of aryl methyl sites for hydroxylation is 1. The molecule has 170 valence electrons. The van der Waals surface area contributed by atoms with E-state index in [1.54, 1.807) is 24.3 Å². The Labute approximate surface area is 192 Å². The number of hydrogen-bond donors (Lipinski definition) is 2. The average molecular weight is 465 g/mol. The Hall–Kier alpha value is -3.36. The second-order valence-electron chi connectivity index (χ2n) is 8.37. The van der Waals surface area contributed by atoms with Crippen LogP contribution in [0, 0.1) is 6.92 Å². The summed E-state index contributed by atoms with van der Waals surface area (Å²) in [6.45, 7) is 2.18. The van der Waals surface area contributed by atoms with Gasteiger partial charge in [0.25, 0.3) is 0 Å². The third-order valence-corrected chi connectivity index (χ3v) is 7.78. The quantitative estimate of drug-likeness (QED) is 0.576. The van der Waals surface area contributed by atoms with Crippen LogP contribution in [0.3, 0.4) is 0 Å². The summed E-state index contributed by atoms with van der Waals surface area (Å²) in [5.74, 6) is 1.33. The van der Waals surface area contributed by atoms with Gasteiger partial charge in [0.2, 0.25) is 22.7 Å². The Morgan fingerprint density at radius 2 is 1.67 bits per heavy atom. The fourth-order valence-corrected chi connectivity index (χ4v) is 4.89. The summed E-state index contributed by atoms with van der Waals surface area (Å²) in [5, 5.41) is 3.08. The molecule has 0 atom stereocenters. The third kappa shape index (κ3) is 3.85. The van der Waals surface area contributed by atoms with E-state index >= 15 is 0 Å². The first-order valence-corrected chi connectivity index (χ1v) is 12.2. The minimum Gasteiger partial charge on any atom is -0.454 e. The molecule has 5 rings (SSSR count). The van der Waals surface area contributed by atoms with Crippen molar-refractivity contribution in [1.82, 2.24) is 4.72 Å². The monoisotopic (exact) mass is 464 g/mol. The lowest BCUT2D eigenvalue weighted by molar-refractivity contribution is -0.118. The predicted molar refractivity (Wildman–Crippen MR) is 125 cm³/mol. The van der Waals surface area contributed by atoms with Crippen molar-refractivity contribution in [2.75, 3.05) is 19.2 Å². The molecule has 0 bridgehead atoms. The molecule has 2 aliphatic rings. The van der Waals surface area contributed by atoms with E-state index < -0.39 is 15.4 Å². The summed E-state index contributed by atoms with van der Waals surface area (Å²) in [7, 11) is -2.11. The van der Waals surface area contributed by atoms with Crippen molar-refractivity contribution in [3.63, 3.8) is 0 Å². The highest BCUT2D eigenvalue weighted by atomic mass is 32.2. The number of sulfonamides is 1. The third-order valence-electron chi connectivity index (χ3n) is 6.35. The van der Waals surface area contributed by atoms with Crippen molar-refractivity contribution in [2.24, 2.45) is 0 Å². The Kier molecular flexibility index (Phi) is 5.14. The van der Waals surface area contributed by atoms with E-state index in [1.165, 1.54) is 7.05 Å². The van der Waals surface area contributed by atoms with E-state index in [9.17, 15) is 13.2 Å². The summed E-state index contributed by atoms with van der Waals surface area (Å²) in [4.78, 5) is 13.5. The number of ether oxygens (including phenoxy) is 2. The van der Waals surface area contributed by atoms with Gasteiger partial charge in [0.1, 0.15) is 0 Å². The van der Waals surface area contributed by atoms with Crippen LogP contribution in [0.5, 0.6) is 11.5 Å². The van der Waals surface area contributed by atoms with Crippen molar-refractivity contribution >= 4 is 21.6 Å². The van der Waals surface area contributed by atoms with Gasteiger partial charge in [0, 0.05) is 5.69 Å². The SMILES string of the molecule is CNS(=O)(=O)c1ccc(-c2cc(NC(=O)C3(c4ccc5c(c4)OCO5)CC3)ccc2C)cc1. The lowest BCUT2D eigenvalue weighted by atomic mass is 9.94. The first-order valence-electron chi connectivity index (χ1n) is 10.7. The van der Waals surface area contributed by atoms with Gasteiger partial charge in [0.15, 0.2) is 11.5 Å². The molecule has 7 nitrogen and oxygen atoms in total. The molecular weight excluding hydrogens is 440 g/mol. The molecule has 8 heteroatoms. The lowest BCUT2D eigenvalue weighted by Crippen LogP contribution is -2.27. The molecule has 1 aliphatic carbocycles. The summed E-state index contributed by atoms with van der Waals surface area (Å²) in [6, 6.07) is 18.1. The van der Waals surface area contributed by atoms with Crippen LogP contribution in [0.2, 0.25) is 0 Å². The maximum absolute atomic E-state index is 13.3. The molecule has 0 radical (unpaired) electrons. The highest BCUT2D eigenvalue weighted by Gasteiger charge is 2.51. The number of nitrogens with one attached hydrogen (secondary N) is 2. The standard InChI is InChI=1S/C25H24N2O5S/c1-16-3-7-19(14-21(16)17-4-8-20(9-5-17)33(29,30)26-2)27-24(28)25(11-12-25)18-6-10-22-23(13-18)32-15-31-22/h3-10,13-14,26H,11-12,15H2,1-2H3,(H,27,28). The molecular formula is C25H24N2O5S. The van der Waals surface area contributed by atoms with Gasteiger partial charge in [-0.15, -0.1) is 0 Å². The molecule has 0 unspecified atom stereocenters. The fraction of sp³-hybridized carbons (Fsp3) is 0.240. The highest BCUT2D eigenvalue weighted by molar-refractivity contribution is 7.89. The van der Waals surface area contributed by atoms with Crippen LogP contribution in [0.1, 0.15) is 24.0 Å². The molecule has 1 saturated carbocycles. The normalized spacial score (nSPS) is 15.8. The van der Waals surface area contributed by atoms with E-state index in [1.807, 2.05) is 43.3 Å². The van der Waals surface area contributed by atoms with E-state index in [0.29, 0.717) is 17.2 Å². The average Bonchev–Trinajstić information content (AvgIpc) is 3.51. The number of anilines is 1. The van der Waals surface area contributed by atoms with E-state index in [-0.39, 0.29) is 17.6 Å². The molecule has 1 fully saturated rings. The molecule has 0 saturated heterocycles. The topological polar surface area (TPSA) is 93.7 Å². The van der Waals surface area contributed by atoms with E-state index in [2.05, 4.69) is 10.0 Å². The molecule has 1 aliphatic heterocycles. The van der Waals surface area contributed by atoms with Gasteiger partial charge in [-0.3, -0.25) is 4.79 Å². The molecule has 33 heavy (non-hydrogen) atoms. The molecule has 2 N–H and O–H groups in total. The number of carbonyl (C=O) groups excluding carboxylic acids is 1. The Bertz CT molecular complexity index is 1350. The van der Waals surface area contributed by atoms with Crippen LogP contribution < -0.4 is 19.5 Å². The van der Waals surface area contributed by atoms with Crippen molar-refractivity contribution in [2.45, 2.75) is 30.1 Å². The first-order chi connectivity index (χ1) is 15.8. The minimum absolute atomic E-state index is 0.0494. The van der Waals surface area contributed by atoms with Crippen LogP contribution >= 0.6 is 0 Å². The molecule has 0 spiro atoms. The molecule has 3 aromatic rings. The van der Waals surface area contributed by atoms with Gasteiger partial charge < -0.3 is 14.8 Å². The zero-order valence-corrected chi connectivity index (χ0v) is 19.2. The second kappa shape index (κ2) is 7.90. The maximum Gasteiger partial charge on any atom is 0.240 e. The summed E-state index contributed by atoms with van der Waals surface area (Å²) >= 11 is 0. The largest absolute Gasteiger partial charge is 0.454 e. The van der Waals surface area contributed by atoms with Crippen LogP contribution in [-0.2, 0) is 20.2 Å². The van der Waals surface area contributed by atoms with Crippen molar-refractivity contribution < 1.29 is 22.7 Å². The van der Waals surface area contributed by atoms with Crippen molar-refractivity contribution in [1.29, 1.82) is 0 Å². The molecule has 0 aromatic heterocycles. The molecule has 1 heterocycles. The lowest BCUT2D eigenvalue weighted by Gasteiger charge is -2.17. The number of carbonyl (C=O) groups is 1. The van der Waals surface area contributed by atoms with Gasteiger partial charge >= 0.3 is 0 Å². The summed E-state index contributed by atoms with van der Waals surface area (Å²) < 4.78 is 37.2.